The highest BCUT2D eigenvalue weighted by Gasteiger charge is 2.25. The quantitative estimate of drug-likeness (QED) is 0.831. The second-order valence-corrected chi connectivity index (χ2v) is 6.49. The first kappa shape index (κ1) is 16.9. The number of ether oxygens (including phenoxy) is 2. The first-order chi connectivity index (χ1) is 9.39. The van der Waals surface area contributed by atoms with Crippen LogP contribution in [0.15, 0.2) is 6.20 Å². The molecule has 0 fully saturated rings. The van der Waals surface area contributed by atoms with Crippen LogP contribution in [-0.2, 0) is 9.47 Å². The van der Waals surface area contributed by atoms with Gasteiger partial charge in [0.15, 0.2) is 17.2 Å². The maximum Gasteiger partial charge on any atom is 0.361 e. The van der Waals surface area contributed by atoms with E-state index in [1.165, 1.54) is 0 Å². The molecule has 0 saturated heterocycles. The van der Waals surface area contributed by atoms with Gasteiger partial charge in [-0.25, -0.2) is 19.6 Å². The number of rotatable bonds is 2. The van der Waals surface area contributed by atoms with E-state index in [2.05, 4.69) is 9.97 Å². The number of anilines is 1. The van der Waals surface area contributed by atoms with Gasteiger partial charge in [-0.1, -0.05) is 0 Å². The summed E-state index contributed by atoms with van der Waals surface area (Å²) < 4.78 is 10.3. The maximum atomic E-state index is 12.0. The molecule has 116 valence electrons. The van der Waals surface area contributed by atoms with Crippen molar-refractivity contribution in [2.24, 2.45) is 0 Å². The standard InChI is InChI=1S/C14H21N3O4/c1-13(2,3)20-11(18)8-7-16-10(15)9(17-8)12(19)21-14(4,5)6/h7H,1-6H3,(H2,15,16). The second-order valence-electron chi connectivity index (χ2n) is 6.49. The van der Waals surface area contributed by atoms with Crippen LogP contribution in [-0.4, -0.2) is 33.1 Å². The summed E-state index contributed by atoms with van der Waals surface area (Å²) in [5, 5.41) is 0. The molecule has 0 radical (unpaired) electrons. The van der Waals surface area contributed by atoms with Crippen molar-refractivity contribution in [1.29, 1.82) is 0 Å². The van der Waals surface area contributed by atoms with Crippen LogP contribution >= 0.6 is 0 Å². The van der Waals surface area contributed by atoms with E-state index in [0.29, 0.717) is 0 Å². The van der Waals surface area contributed by atoms with Crippen LogP contribution in [0.5, 0.6) is 0 Å². The van der Waals surface area contributed by atoms with Crippen molar-refractivity contribution >= 4 is 17.8 Å². The predicted molar refractivity (Wildman–Crippen MR) is 76.8 cm³/mol. The molecule has 21 heavy (non-hydrogen) atoms. The predicted octanol–water partition coefficient (Wildman–Crippen LogP) is 1.97. The Bertz CT molecular complexity index is 556. The fraction of sp³-hybridized carbons (Fsp3) is 0.571. The zero-order valence-corrected chi connectivity index (χ0v) is 13.2. The third-order valence-electron chi connectivity index (χ3n) is 2.00. The van der Waals surface area contributed by atoms with Crippen LogP contribution in [0, 0.1) is 0 Å². The number of hydrogen-bond donors (Lipinski definition) is 1. The molecule has 7 nitrogen and oxygen atoms in total. The largest absolute Gasteiger partial charge is 0.455 e. The third kappa shape index (κ3) is 5.37. The molecule has 1 heterocycles. The molecule has 0 amide bonds. The first-order valence-electron chi connectivity index (χ1n) is 6.48. The number of aromatic nitrogens is 2. The lowest BCUT2D eigenvalue weighted by molar-refractivity contribution is 0.00580. The monoisotopic (exact) mass is 295 g/mol. The van der Waals surface area contributed by atoms with Gasteiger partial charge in [0.1, 0.15) is 11.2 Å². The Labute approximate surface area is 123 Å². The summed E-state index contributed by atoms with van der Waals surface area (Å²) in [5.41, 5.74) is 3.94. The van der Waals surface area contributed by atoms with E-state index in [4.69, 9.17) is 15.2 Å². The van der Waals surface area contributed by atoms with Crippen LogP contribution in [0.25, 0.3) is 0 Å². The van der Waals surface area contributed by atoms with Gasteiger partial charge in [-0.15, -0.1) is 0 Å². The van der Waals surface area contributed by atoms with E-state index >= 15 is 0 Å². The van der Waals surface area contributed by atoms with Gasteiger partial charge in [0.2, 0.25) is 0 Å². The third-order valence-corrected chi connectivity index (χ3v) is 2.00. The van der Waals surface area contributed by atoms with Crippen molar-refractivity contribution in [3.63, 3.8) is 0 Å². The van der Waals surface area contributed by atoms with Gasteiger partial charge in [-0.05, 0) is 41.5 Å². The number of carbonyl (C=O) groups is 2. The normalized spacial score (nSPS) is 11.9. The minimum atomic E-state index is -0.738. The van der Waals surface area contributed by atoms with E-state index in [1.54, 1.807) is 41.5 Å². The molecule has 0 aromatic carbocycles. The van der Waals surface area contributed by atoms with Crippen molar-refractivity contribution in [3.05, 3.63) is 17.6 Å². The van der Waals surface area contributed by atoms with E-state index in [9.17, 15) is 9.59 Å². The number of nitrogens with zero attached hydrogens (tertiary/aromatic N) is 2. The maximum absolute atomic E-state index is 12.0. The average Bonchev–Trinajstić information content (AvgIpc) is 2.24. The molecule has 7 heteroatoms. The Hall–Kier alpha value is -2.18. The van der Waals surface area contributed by atoms with E-state index in [1.807, 2.05) is 0 Å². The first-order valence-corrected chi connectivity index (χ1v) is 6.48. The van der Waals surface area contributed by atoms with Crippen LogP contribution in [0.2, 0.25) is 0 Å². The molecule has 1 aromatic rings. The van der Waals surface area contributed by atoms with Gasteiger partial charge in [-0.3, -0.25) is 0 Å². The summed E-state index contributed by atoms with van der Waals surface area (Å²) in [6.45, 7) is 10.3. The lowest BCUT2D eigenvalue weighted by Gasteiger charge is -2.20. The zero-order chi connectivity index (χ0) is 16.4. The van der Waals surface area contributed by atoms with Crippen LogP contribution < -0.4 is 5.73 Å². The highest BCUT2D eigenvalue weighted by Crippen LogP contribution is 2.16. The molecule has 0 bridgehead atoms. The highest BCUT2D eigenvalue weighted by atomic mass is 16.6. The lowest BCUT2D eigenvalue weighted by atomic mass is 10.2. The van der Waals surface area contributed by atoms with Crippen LogP contribution in [0.3, 0.4) is 0 Å². The van der Waals surface area contributed by atoms with Crippen molar-refractivity contribution in [2.45, 2.75) is 52.7 Å². The van der Waals surface area contributed by atoms with Crippen LogP contribution in [0.4, 0.5) is 5.82 Å². The summed E-state index contributed by atoms with van der Waals surface area (Å²) in [6.07, 6.45) is 1.16. The average molecular weight is 295 g/mol. The van der Waals surface area contributed by atoms with Crippen molar-refractivity contribution in [1.82, 2.24) is 9.97 Å². The molecule has 0 saturated carbocycles. The number of hydrogen-bond acceptors (Lipinski definition) is 7. The molecule has 0 aliphatic heterocycles. The minimum absolute atomic E-state index is 0.0972. The van der Waals surface area contributed by atoms with Gasteiger partial charge >= 0.3 is 11.9 Å². The number of nitrogens with two attached hydrogens (primary N) is 1. The Kier molecular flexibility index (Phi) is 4.56. The summed E-state index contributed by atoms with van der Waals surface area (Å²) in [7, 11) is 0. The molecule has 2 N–H and O–H groups in total. The molecule has 0 unspecified atom stereocenters. The SMILES string of the molecule is CC(C)(C)OC(=O)c1cnc(N)c(C(=O)OC(C)(C)C)n1. The Morgan fingerprint density at radius 3 is 1.95 bits per heavy atom. The van der Waals surface area contributed by atoms with E-state index in [0.717, 1.165) is 6.20 Å². The van der Waals surface area contributed by atoms with Gasteiger partial charge in [0.05, 0.1) is 6.20 Å². The molecule has 1 rings (SSSR count). The number of esters is 2. The van der Waals surface area contributed by atoms with Gasteiger partial charge in [-0.2, -0.15) is 0 Å². The molecule has 0 aliphatic carbocycles. The van der Waals surface area contributed by atoms with Crippen LogP contribution in [0.1, 0.15) is 62.5 Å². The highest BCUT2D eigenvalue weighted by molar-refractivity contribution is 5.94. The molecular weight excluding hydrogens is 274 g/mol. The topological polar surface area (TPSA) is 104 Å². The van der Waals surface area contributed by atoms with Gasteiger partial charge in [0.25, 0.3) is 0 Å². The van der Waals surface area contributed by atoms with Gasteiger partial charge < -0.3 is 15.2 Å². The Morgan fingerprint density at radius 2 is 1.48 bits per heavy atom. The number of carbonyl (C=O) groups excluding carboxylic acids is 2. The summed E-state index contributed by atoms with van der Waals surface area (Å²) in [5.74, 6) is -1.52. The van der Waals surface area contributed by atoms with Crippen molar-refractivity contribution < 1.29 is 19.1 Å². The lowest BCUT2D eigenvalue weighted by Crippen LogP contribution is -2.27. The zero-order valence-electron chi connectivity index (χ0n) is 13.2. The molecule has 0 spiro atoms. The molecule has 1 aromatic heterocycles. The smallest absolute Gasteiger partial charge is 0.361 e. The fourth-order valence-electron chi connectivity index (χ4n) is 1.30. The van der Waals surface area contributed by atoms with E-state index < -0.39 is 23.1 Å². The summed E-state index contributed by atoms with van der Waals surface area (Å²) >= 11 is 0. The fourth-order valence-corrected chi connectivity index (χ4v) is 1.30. The van der Waals surface area contributed by atoms with Crippen molar-refractivity contribution in [3.8, 4) is 0 Å². The van der Waals surface area contributed by atoms with E-state index in [-0.39, 0.29) is 17.2 Å². The molecule has 0 aliphatic rings. The van der Waals surface area contributed by atoms with Crippen molar-refractivity contribution in [2.75, 3.05) is 5.73 Å². The van der Waals surface area contributed by atoms with Gasteiger partial charge in [0, 0.05) is 0 Å². The Morgan fingerprint density at radius 1 is 1.00 bits per heavy atom. The molecule has 0 atom stereocenters. The summed E-state index contributed by atoms with van der Waals surface area (Å²) in [4.78, 5) is 31.6. The second kappa shape index (κ2) is 5.67. The summed E-state index contributed by atoms with van der Waals surface area (Å²) in [6, 6.07) is 0. The number of nitrogen functional groups attached to an aromatic ring is 1. The minimum Gasteiger partial charge on any atom is -0.455 e. The molecular formula is C14H21N3O4. The Balaban J connectivity index is 3.05.